The van der Waals surface area contributed by atoms with Crippen molar-refractivity contribution in [3.05, 3.63) is 70.8 Å². The van der Waals surface area contributed by atoms with Gasteiger partial charge in [0.25, 0.3) is 0 Å². The first-order valence-electron chi connectivity index (χ1n) is 9.44. The van der Waals surface area contributed by atoms with E-state index in [0.717, 1.165) is 30.5 Å². The molecule has 0 unspecified atom stereocenters. The van der Waals surface area contributed by atoms with Gasteiger partial charge in [-0.3, -0.25) is 4.79 Å². The van der Waals surface area contributed by atoms with Crippen molar-refractivity contribution in [1.82, 2.24) is 10.2 Å². The van der Waals surface area contributed by atoms with Crippen LogP contribution in [0, 0.1) is 13.8 Å². The summed E-state index contributed by atoms with van der Waals surface area (Å²) in [5.74, 6) is 0.0442. The molecule has 0 aliphatic carbocycles. The summed E-state index contributed by atoms with van der Waals surface area (Å²) >= 11 is 0. The first-order valence-corrected chi connectivity index (χ1v) is 9.44. The average molecular weight is 365 g/mol. The molecule has 5 heteroatoms. The van der Waals surface area contributed by atoms with E-state index in [4.69, 9.17) is 5.73 Å². The van der Waals surface area contributed by atoms with Gasteiger partial charge >= 0.3 is 6.03 Å². The first kappa shape index (κ1) is 19.0. The molecule has 2 atom stereocenters. The van der Waals surface area contributed by atoms with Crippen LogP contribution in [-0.2, 0) is 4.79 Å². The molecule has 3 amide bonds. The minimum atomic E-state index is -0.618. The van der Waals surface area contributed by atoms with Gasteiger partial charge in [0.1, 0.15) is 0 Å². The van der Waals surface area contributed by atoms with Crippen molar-refractivity contribution in [3.8, 4) is 0 Å². The molecule has 1 heterocycles. The summed E-state index contributed by atoms with van der Waals surface area (Å²) < 4.78 is 0. The molecule has 1 aliphatic rings. The number of amides is 3. The molecule has 0 saturated carbocycles. The molecule has 0 radical (unpaired) electrons. The van der Waals surface area contributed by atoms with E-state index in [-0.39, 0.29) is 18.4 Å². The van der Waals surface area contributed by atoms with Gasteiger partial charge in [-0.1, -0.05) is 48.5 Å². The Morgan fingerprint density at radius 1 is 1.11 bits per heavy atom. The summed E-state index contributed by atoms with van der Waals surface area (Å²) in [5, 5.41) is 2.75. The van der Waals surface area contributed by atoms with E-state index in [1.54, 1.807) is 0 Å². The fourth-order valence-corrected chi connectivity index (χ4v) is 4.03. The Kier molecular flexibility index (Phi) is 5.79. The van der Waals surface area contributed by atoms with Crippen molar-refractivity contribution < 1.29 is 9.59 Å². The Labute approximate surface area is 160 Å². The molecule has 142 valence electrons. The van der Waals surface area contributed by atoms with Gasteiger partial charge in [0.15, 0.2) is 0 Å². The van der Waals surface area contributed by atoms with Crippen LogP contribution in [-0.4, -0.2) is 23.4 Å². The summed E-state index contributed by atoms with van der Waals surface area (Å²) in [6, 6.07) is 15.1. The zero-order valence-electron chi connectivity index (χ0n) is 15.9. The zero-order chi connectivity index (χ0) is 19.4. The van der Waals surface area contributed by atoms with Crippen LogP contribution in [0.5, 0.6) is 0 Å². The number of rotatable bonds is 5. The molecular weight excluding hydrogens is 338 g/mol. The standard InChI is InChI=1S/C22H27N3O2/c1-15-8-3-5-10-17(15)19(24-22(23)27)14-21(26)25-13-7-12-20(25)18-11-6-4-9-16(18)2/h3-6,8-11,19-20H,7,12-14H2,1-2H3,(H3,23,24,27)/t19-,20-/m1/s1. The smallest absolute Gasteiger partial charge is 0.312 e. The molecule has 0 aromatic heterocycles. The highest BCUT2D eigenvalue weighted by Gasteiger charge is 2.32. The van der Waals surface area contributed by atoms with E-state index in [0.29, 0.717) is 0 Å². The number of primary amides is 1. The number of urea groups is 1. The van der Waals surface area contributed by atoms with E-state index < -0.39 is 12.1 Å². The van der Waals surface area contributed by atoms with Crippen LogP contribution in [0.25, 0.3) is 0 Å². The number of aryl methyl sites for hydroxylation is 2. The minimum absolute atomic E-state index is 0.0442. The molecule has 1 aliphatic heterocycles. The quantitative estimate of drug-likeness (QED) is 0.846. The largest absolute Gasteiger partial charge is 0.352 e. The Hall–Kier alpha value is -2.82. The Bertz CT molecular complexity index is 834. The van der Waals surface area contributed by atoms with Crippen molar-refractivity contribution in [2.24, 2.45) is 5.73 Å². The maximum atomic E-state index is 13.2. The number of carbonyl (C=O) groups excluding carboxylic acids is 2. The fraction of sp³-hybridized carbons (Fsp3) is 0.364. The van der Waals surface area contributed by atoms with Crippen molar-refractivity contribution in [3.63, 3.8) is 0 Å². The maximum absolute atomic E-state index is 13.2. The number of hydrogen-bond acceptors (Lipinski definition) is 2. The summed E-state index contributed by atoms with van der Waals surface area (Å²) in [5.41, 5.74) is 9.74. The number of carbonyl (C=O) groups is 2. The van der Waals surface area contributed by atoms with E-state index in [1.807, 2.05) is 48.2 Å². The van der Waals surface area contributed by atoms with Crippen LogP contribution in [0.15, 0.2) is 48.5 Å². The third-order valence-corrected chi connectivity index (χ3v) is 5.38. The summed E-state index contributed by atoms with van der Waals surface area (Å²) in [6.45, 7) is 4.80. The molecule has 5 nitrogen and oxygen atoms in total. The highest BCUT2D eigenvalue weighted by molar-refractivity contribution is 5.79. The number of nitrogens with one attached hydrogen (secondary N) is 1. The maximum Gasteiger partial charge on any atom is 0.312 e. The summed E-state index contributed by atoms with van der Waals surface area (Å²) in [7, 11) is 0. The highest BCUT2D eigenvalue weighted by atomic mass is 16.2. The van der Waals surface area contributed by atoms with E-state index >= 15 is 0 Å². The number of hydrogen-bond donors (Lipinski definition) is 2. The molecule has 2 aromatic rings. The van der Waals surface area contributed by atoms with Gasteiger partial charge in [0, 0.05) is 6.54 Å². The second-order valence-electron chi connectivity index (χ2n) is 7.22. The number of nitrogens with zero attached hydrogens (tertiary/aromatic N) is 1. The first-order chi connectivity index (χ1) is 13.0. The minimum Gasteiger partial charge on any atom is -0.352 e. The van der Waals surface area contributed by atoms with E-state index in [2.05, 4.69) is 24.4 Å². The van der Waals surface area contributed by atoms with Crippen LogP contribution >= 0.6 is 0 Å². The third-order valence-electron chi connectivity index (χ3n) is 5.38. The molecule has 3 rings (SSSR count). The molecule has 1 saturated heterocycles. The highest BCUT2D eigenvalue weighted by Crippen LogP contribution is 2.35. The molecule has 0 bridgehead atoms. The van der Waals surface area contributed by atoms with Crippen LogP contribution in [0.1, 0.15) is 53.6 Å². The van der Waals surface area contributed by atoms with Crippen LogP contribution in [0.3, 0.4) is 0 Å². The lowest BCUT2D eigenvalue weighted by Gasteiger charge is -2.28. The van der Waals surface area contributed by atoms with Crippen LogP contribution in [0.2, 0.25) is 0 Å². The number of benzene rings is 2. The van der Waals surface area contributed by atoms with Gasteiger partial charge in [-0.05, 0) is 48.9 Å². The second-order valence-corrected chi connectivity index (χ2v) is 7.22. The Morgan fingerprint density at radius 2 is 1.78 bits per heavy atom. The molecule has 2 aromatic carbocycles. The monoisotopic (exact) mass is 365 g/mol. The molecule has 0 spiro atoms. The topological polar surface area (TPSA) is 75.4 Å². The van der Waals surface area contributed by atoms with Gasteiger partial charge in [-0.25, -0.2) is 4.79 Å². The SMILES string of the molecule is Cc1ccccc1[C@H]1CCCN1C(=O)C[C@@H](NC(N)=O)c1ccccc1C. The normalized spacial score (nSPS) is 17.6. The lowest BCUT2D eigenvalue weighted by atomic mass is 9.96. The zero-order valence-corrected chi connectivity index (χ0v) is 15.9. The third kappa shape index (κ3) is 4.30. The number of nitrogens with two attached hydrogens (primary N) is 1. The summed E-state index contributed by atoms with van der Waals surface area (Å²) in [6.07, 6.45) is 2.16. The van der Waals surface area contributed by atoms with Crippen molar-refractivity contribution in [2.75, 3.05) is 6.54 Å². The molecule has 27 heavy (non-hydrogen) atoms. The number of likely N-dealkylation sites (tertiary alicyclic amines) is 1. The Balaban J connectivity index is 1.82. The second kappa shape index (κ2) is 8.25. The van der Waals surface area contributed by atoms with E-state index in [9.17, 15) is 9.59 Å². The van der Waals surface area contributed by atoms with Crippen molar-refractivity contribution >= 4 is 11.9 Å². The van der Waals surface area contributed by atoms with Crippen molar-refractivity contribution in [1.29, 1.82) is 0 Å². The molecule has 1 fully saturated rings. The van der Waals surface area contributed by atoms with Gasteiger partial charge in [0.05, 0.1) is 18.5 Å². The fourth-order valence-electron chi connectivity index (χ4n) is 4.03. The van der Waals surface area contributed by atoms with Gasteiger partial charge in [0.2, 0.25) is 5.91 Å². The predicted octanol–water partition coefficient (Wildman–Crippen LogP) is 3.77. The summed E-state index contributed by atoms with van der Waals surface area (Å²) in [4.78, 5) is 26.6. The van der Waals surface area contributed by atoms with Gasteiger partial charge < -0.3 is 16.0 Å². The average Bonchev–Trinajstić information content (AvgIpc) is 3.11. The molecule has 3 N–H and O–H groups in total. The van der Waals surface area contributed by atoms with Crippen LogP contribution in [0.4, 0.5) is 4.79 Å². The van der Waals surface area contributed by atoms with Gasteiger partial charge in [-0.2, -0.15) is 0 Å². The predicted molar refractivity (Wildman–Crippen MR) is 106 cm³/mol. The van der Waals surface area contributed by atoms with Crippen molar-refractivity contribution in [2.45, 2.75) is 45.2 Å². The lowest BCUT2D eigenvalue weighted by molar-refractivity contribution is -0.132. The molecular formula is C22H27N3O2. The van der Waals surface area contributed by atoms with Gasteiger partial charge in [-0.15, -0.1) is 0 Å². The van der Waals surface area contributed by atoms with Crippen LogP contribution < -0.4 is 11.1 Å². The Morgan fingerprint density at radius 3 is 2.44 bits per heavy atom. The van der Waals surface area contributed by atoms with E-state index in [1.165, 1.54) is 11.1 Å². The lowest BCUT2D eigenvalue weighted by Crippen LogP contribution is -2.38.